The van der Waals surface area contributed by atoms with E-state index in [1.807, 2.05) is 6.92 Å². The first-order valence-corrected chi connectivity index (χ1v) is 4.30. The van der Waals surface area contributed by atoms with Gasteiger partial charge < -0.3 is 21.1 Å². The van der Waals surface area contributed by atoms with Crippen molar-refractivity contribution in [3.05, 3.63) is 0 Å². The molecule has 0 unspecified atom stereocenters. The highest BCUT2D eigenvalue weighted by atomic mass is 16.4. The van der Waals surface area contributed by atoms with Crippen molar-refractivity contribution in [2.45, 2.75) is 37.9 Å². The summed E-state index contributed by atoms with van der Waals surface area (Å²) in [5.74, 6) is -0.998. The molecule has 78 valence electrons. The molecule has 5 nitrogen and oxygen atoms in total. The van der Waals surface area contributed by atoms with Crippen LogP contribution in [0.5, 0.6) is 0 Å². The van der Waals surface area contributed by atoms with Gasteiger partial charge in [-0.1, -0.05) is 19.8 Å². The number of aliphatic hydroxyl groups is 3. The molecule has 0 aliphatic heterocycles. The topological polar surface area (TPSA) is 104 Å². The van der Waals surface area contributed by atoms with E-state index in [2.05, 4.69) is 0 Å². The monoisotopic (exact) mass is 191 g/mol. The Labute approximate surface area is 77.2 Å². The molecule has 5 N–H and O–H groups in total. The summed E-state index contributed by atoms with van der Waals surface area (Å²) in [6.07, 6.45) is -0.0957. The lowest BCUT2D eigenvalue weighted by Crippen LogP contribution is -2.54. The molecule has 0 radical (unpaired) electrons. The van der Waals surface area contributed by atoms with E-state index in [1.165, 1.54) is 0 Å². The van der Waals surface area contributed by atoms with Crippen molar-refractivity contribution in [1.82, 2.24) is 0 Å². The second-order valence-electron chi connectivity index (χ2n) is 3.09. The number of hydrogen-bond donors (Lipinski definition) is 4. The third-order valence-corrected chi connectivity index (χ3v) is 2.06. The predicted molar refractivity (Wildman–Crippen MR) is 46.8 cm³/mol. The molecule has 13 heavy (non-hydrogen) atoms. The number of aliphatic hydroxyl groups excluding tert-OH is 2. The van der Waals surface area contributed by atoms with Gasteiger partial charge in [0.2, 0.25) is 0 Å². The van der Waals surface area contributed by atoms with Crippen LogP contribution in [0, 0.1) is 0 Å². The summed E-state index contributed by atoms with van der Waals surface area (Å²) in [6, 6.07) is 0. The highest BCUT2D eigenvalue weighted by molar-refractivity contribution is 5.83. The predicted octanol–water partition coefficient (Wildman–Crippen LogP) is -1.25. The van der Waals surface area contributed by atoms with Crippen molar-refractivity contribution in [2.75, 3.05) is 6.61 Å². The van der Waals surface area contributed by atoms with Crippen molar-refractivity contribution < 1.29 is 20.1 Å². The zero-order valence-corrected chi connectivity index (χ0v) is 7.73. The van der Waals surface area contributed by atoms with Crippen molar-refractivity contribution >= 4 is 5.91 Å². The third kappa shape index (κ3) is 2.95. The van der Waals surface area contributed by atoms with E-state index in [4.69, 9.17) is 10.8 Å². The molecular formula is C8H17NO4. The Kier molecular flexibility index (Phi) is 4.90. The van der Waals surface area contributed by atoms with Crippen LogP contribution in [0.4, 0.5) is 0 Å². The van der Waals surface area contributed by atoms with Gasteiger partial charge in [0.15, 0.2) is 5.60 Å². The van der Waals surface area contributed by atoms with Crippen LogP contribution >= 0.6 is 0 Å². The zero-order valence-electron chi connectivity index (χ0n) is 7.73. The summed E-state index contributed by atoms with van der Waals surface area (Å²) in [5, 5.41) is 27.4. The van der Waals surface area contributed by atoms with Gasteiger partial charge in [0, 0.05) is 0 Å². The first-order valence-electron chi connectivity index (χ1n) is 4.30. The van der Waals surface area contributed by atoms with Crippen LogP contribution in [0.3, 0.4) is 0 Å². The van der Waals surface area contributed by atoms with Crippen molar-refractivity contribution in [3.63, 3.8) is 0 Å². The second-order valence-corrected chi connectivity index (χ2v) is 3.09. The summed E-state index contributed by atoms with van der Waals surface area (Å²) in [4.78, 5) is 10.8. The van der Waals surface area contributed by atoms with Gasteiger partial charge in [-0.2, -0.15) is 0 Å². The maximum absolute atomic E-state index is 10.8. The first-order chi connectivity index (χ1) is 5.99. The molecule has 1 amide bonds. The summed E-state index contributed by atoms with van der Waals surface area (Å²) < 4.78 is 0. The summed E-state index contributed by atoms with van der Waals surface area (Å²) in [5.41, 5.74) is 2.93. The average molecular weight is 191 g/mol. The number of unbranched alkanes of at least 4 members (excludes halogenated alkanes) is 1. The average Bonchev–Trinajstić information content (AvgIpc) is 2.12. The Balaban J connectivity index is 4.42. The Morgan fingerprint density at radius 3 is 2.46 bits per heavy atom. The van der Waals surface area contributed by atoms with Crippen molar-refractivity contribution in [2.24, 2.45) is 5.73 Å². The van der Waals surface area contributed by atoms with Crippen LogP contribution in [-0.2, 0) is 4.79 Å². The van der Waals surface area contributed by atoms with Gasteiger partial charge >= 0.3 is 0 Å². The summed E-state index contributed by atoms with van der Waals surface area (Å²) in [7, 11) is 0. The normalized spacial score (nSPS) is 17.8. The van der Waals surface area contributed by atoms with Gasteiger partial charge in [0.05, 0.1) is 6.61 Å². The van der Waals surface area contributed by atoms with E-state index in [0.29, 0.717) is 6.42 Å². The molecule has 0 rings (SSSR count). The molecule has 0 saturated carbocycles. The van der Waals surface area contributed by atoms with Gasteiger partial charge in [-0.05, 0) is 6.42 Å². The van der Waals surface area contributed by atoms with Gasteiger partial charge in [-0.25, -0.2) is 0 Å². The smallest absolute Gasteiger partial charge is 0.252 e. The zero-order chi connectivity index (χ0) is 10.5. The molecule has 0 saturated heterocycles. The molecular weight excluding hydrogens is 174 g/mol. The van der Waals surface area contributed by atoms with Crippen LogP contribution in [0.25, 0.3) is 0 Å². The Morgan fingerprint density at radius 2 is 2.15 bits per heavy atom. The van der Waals surface area contributed by atoms with E-state index in [-0.39, 0.29) is 6.42 Å². The number of hydrogen-bond acceptors (Lipinski definition) is 4. The molecule has 0 bridgehead atoms. The number of carbonyl (C=O) groups excluding carboxylic acids is 1. The van der Waals surface area contributed by atoms with Gasteiger partial charge in [-0.3, -0.25) is 4.79 Å². The molecule has 0 aromatic rings. The maximum atomic E-state index is 10.8. The molecule has 5 heteroatoms. The number of nitrogens with two attached hydrogens (primary N) is 1. The van der Waals surface area contributed by atoms with Crippen molar-refractivity contribution in [1.29, 1.82) is 0 Å². The van der Waals surface area contributed by atoms with Crippen molar-refractivity contribution in [3.8, 4) is 0 Å². The van der Waals surface area contributed by atoms with E-state index >= 15 is 0 Å². The third-order valence-electron chi connectivity index (χ3n) is 2.06. The highest BCUT2D eigenvalue weighted by Gasteiger charge is 2.40. The molecule has 0 aromatic carbocycles. The minimum Gasteiger partial charge on any atom is -0.394 e. The fourth-order valence-electron chi connectivity index (χ4n) is 1.05. The lowest BCUT2D eigenvalue weighted by atomic mass is 9.90. The Morgan fingerprint density at radius 1 is 1.62 bits per heavy atom. The van der Waals surface area contributed by atoms with E-state index < -0.39 is 24.2 Å². The standard InChI is InChI=1S/C8H17NO4/c1-2-3-4-8(13,7(9)12)6(11)5-10/h6,10-11,13H,2-5H2,1H3,(H2,9,12)/t6-,8-/m1/s1. The molecule has 0 fully saturated rings. The quantitative estimate of drug-likeness (QED) is 0.421. The van der Waals surface area contributed by atoms with E-state index in [1.54, 1.807) is 0 Å². The number of carbonyl (C=O) groups is 1. The second kappa shape index (κ2) is 5.16. The SMILES string of the molecule is CCCC[C@](O)(C(N)=O)[C@H](O)CO. The fourth-order valence-corrected chi connectivity index (χ4v) is 1.05. The lowest BCUT2D eigenvalue weighted by molar-refractivity contribution is -0.154. The molecule has 0 heterocycles. The van der Waals surface area contributed by atoms with E-state index in [9.17, 15) is 15.0 Å². The lowest BCUT2D eigenvalue weighted by Gasteiger charge is -2.28. The summed E-state index contributed by atoms with van der Waals surface area (Å²) in [6.45, 7) is 1.20. The van der Waals surface area contributed by atoms with Crippen LogP contribution in [0.15, 0.2) is 0 Å². The maximum Gasteiger partial charge on any atom is 0.252 e. The van der Waals surface area contributed by atoms with Gasteiger partial charge in [-0.15, -0.1) is 0 Å². The Bertz CT molecular complexity index is 174. The molecule has 0 spiro atoms. The highest BCUT2D eigenvalue weighted by Crippen LogP contribution is 2.18. The number of amides is 1. The molecule has 2 atom stereocenters. The minimum atomic E-state index is -2.00. The Hall–Kier alpha value is -0.650. The largest absolute Gasteiger partial charge is 0.394 e. The van der Waals surface area contributed by atoms with Gasteiger partial charge in [0.1, 0.15) is 6.10 Å². The van der Waals surface area contributed by atoms with Crippen LogP contribution < -0.4 is 5.73 Å². The number of rotatable bonds is 6. The summed E-state index contributed by atoms with van der Waals surface area (Å²) >= 11 is 0. The van der Waals surface area contributed by atoms with Crippen LogP contribution in [0.2, 0.25) is 0 Å². The van der Waals surface area contributed by atoms with Crippen LogP contribution in [-0.4, -0.2) is 39.5 Å². The van der Waals surface area contributed by atoms with Crippen LogP contribution in [0.1, 0.15) is 26.2 Å². The number of primary amides is 1. The molecule has 0 aliphatic rings. The van der Waals surface area contributed by atoms with E-state index in [0.717, 1.165) is 6.42 Å². The van der Waals surface area contributed by atoms with Gasteiger partial charge in [0.25, 0.3) is 5.91 Å². The minimum absolute atomic E-state index is 0.0700. The first kappa shape index (κ1) is 12.3. The fraction of sp³-hybridized carbons (Fsp3) is 0.875. The molecule has 0 aromatic heterocycles. The molecule has 0 aliphatic carbocycles.